The zero-order valence-electron chi connectivity index (χ0n) is 20.9. The summed E-state index contributed by atoms with van der Waals surface area (Å²) in [6, 6.07) is 8.68. The molecule has 3 aromatic rings. The van der Waals surface area contributed by atoms with E-state index in [2.05, 4.69) is 43.0 Å². The van der Waals surface area contributed by atoms with Crippen molar-refractivity contribution in [3.63, 3.8) is 0 Å². The van der Waals surface area contributed by atoms with E-state index < -0.39 is 5.60 Å². The van der Waals surface area contributed by atoms with Gasteiger partial charge in [0.05, 0.1) is 0 Å². The normalized spacial score (nSPS) is 13.7. The minimum atomic E-state index is -0.529. The van der Waals surface area contributed by atoms with Crippen LogP contribution < -0.4 is 4.90 Å². The number of ether oxygens (including phenoxy) is 1. The van der Waals surface area contributed by atoms with Gasteiger partial charge in [0.1, 0.15) is 18.0 Å². The number of fused-ring (bicyclic) bond motifs is 1. The van der Waals surface area contributed by atoms with E-state index in [1.54, 1.807) is 4.68 Å². The van der Waals surface area contributed by atoms with Gasteiger partial charge in [-0.3, -0.25) is 9.48 Å². The van der Waals surface area contributed by atoms with Crippen LogP contribution in [-0.2, 0) is 35.3 Å². The molecule has 7 nitrogen and oxygen atoms in total. The van der Waals surface area contributed by atoms with Crippen molar-refractivity contribution in [3.05, 3.63) is 59.8 Å². The Balaban J connectivity index is 1.51. The molecule has 1 aliphatic rings. The Bertz CT molecular complexity index is 1100. The van der Waals surface area contributed by atoms with Crippen molar-refractivity contribution in [2.24, 2.45) is 5.92 Å². The summed E-state index contributed by atoms with van der Waals surface area (Å²) in [6.07, 6.45) is 8.70. The number of hydrogen-bond donors (Lipinski definition) is 0. The summed E-state index contributed by atoms with van der Waals surface area (Å²) in [4.78, 5) is 23.9. The molecule has 2 heterocycles. The van der Waals surface area contributed by atoms with Crippen LogP contribution in [0.4, 0.5) is 5.82 Å². The molecule has 180 valence electrons. The van der Waals surface area contributed by atoms with Gasteiger partial charge >= 0.3 is 5.97 Å². The predicted molar refractivity (Wildman–Crippen MR) is 134 cm³/mol. The summed E-state index contributed by atoms with van der Waals surface area (Å²) >= 11 is 0. The highest BCUT2D eigenvalue weighted by atomic mass is 16.6. The first kappa shape index (κ1) is 23.9. The molecule has 0 aliphatic heterocycles. The average Bonchev–Trinajstić information content (AvgIpc) is 3.37. The summed E-state index contributed by atoms with van der Waals surface area (Å²) in [5.74, 6) is 1.94. The fraction of sp³-hybridized carbons (Fsp3) is 0.481. The van der Waals surface area contributed by atoms with Gasteiger partial charge in [-0.05, 0) is 64.5 Å². The van der Waals surface area contributed by atoms with E-state index in [0.717, 1.165) is 55.1 Å². The van der Waals surface area contributed by atoms with Crippen LogP contribution in [0.5, 0.6) is 0 Å². The average molecular weight is 462 g/mol. The number of carbonyl (C=O) groups excluding carboxylic acids is 1. The monoisotopic (exact) mass is 461 g/mol. The Morgan fingerprint density at radius 3 is 2.26 bits per heavy atom. The van der Waals surface area contributed by atoms with Crippen molar-refractivity contribution in [1.29, 1.82) is 0 Å². The Hall–Kier alpha value is -3.22. The molecule has 0 saturated heterocycles. The number of anilines is 1. The first-order valence-electron chi connectivity index (χ1n) is 12.2. The number of benzene rings is 1. The maximum Gasteiger partial charge on any atom is 0.328 e. The number of carbonyl (C=O) groups is 1. The maximum absolute atomic E-state index is 12.4. The molecule has 0 unspecified atom stereocenters. The van der Waals surface area contributed by atoms with Crippen LogP contribution >= 0.6 is 0 Å². The zero-order chi connectivity index (χ0) is 24.3. The maximum atomic E-state index is 12.4. The Morgan fingerprint density at radius 2 is 1.71 bits per heavy atom. The summed E-state index contributed by atoms with van der Waals surface area (Å²) in [5, 5.41) is 4.71. The zero-order valence-corrected chi connectivity index (χ0v) is 20.9. The van der Waals surface area contributed by atoms with Crippen LogP contribution in [0.1, 0.15) is 51.6 Å². The Morgan fingerprint density at radius 1 is 1.09 bits per heavy atom. The van der Waals surface area contributed by atoms with Gasteiger partial charge in [-0.2, -0.15) is 5.10 Å². The lowest BCUT2D eigenvalue weighted by Gasteiger charge is -2.20. The van der Waals surface area contributed by atoms with E-state index in [4.69, 9.17) is 19.8 Å². The first-order chi connectivity index (χ1) is 16.3. The lowest BCUT2D eigenvalue weighted by Crippen LogP contribution is -2.27. The van der Waals surface area contributed by atoms with Crippen molar-refractivity contribution in [2.75, 3.05) is 18.0 Å². The smallest absolute Gasteiger partial charge is 0.328 e. The lowest BCUT2D eigenvalue weighted by atomic mass is 10.0. The third-order valence-corrected chi connectivity index (χ3v) is 6.14. The molecule has 0 radical (unpaired) electrons. The molecule has 2 aromatic heterocycles. The fourth-order valence-electron chi connectivity index (χ4n) is 4.61. The van der Waals surface area contributed by atoms with Gasteiger partial charge in [0.25, 0.3) is 0 Å². The third kappa shape index (κ3) is 5.64. The van der Waals surface area contributed by atoms with Gasteiger partial charge in [0.15, 0.2) is 5.82 Å². The molecular formula is C27H35N5O2. The van der Waals surface area contributed by atoms with Crippen LogP contribution in [0.25, 0.3) is 11.1 Å². The van der Waals surface area contributed by atoms with Crippen LogP contribution in [0, 0.1) is 5.92 Å². The molecule has 0 saturated carbocycles. The molecular weight excluding hydrogens is 426 g/mol. The van der Waals surface area contributed by atoms with Gasteiger partial charge in [0.2, 0.25) is 0 Å². The topological polar surface area (TPSA) is 73.1 Å². The molecule has 34 heavy (non-hydrogen) atoms. The third-order valence-electron chi connectivity index (χ3n) is 6.14. The molecule has 0 amide bonds. The summed E-state index contributed by atoms with van der Waals surface area (Å²) in [6.45, 7) is 11.5. The minimum absolute atomic E-state index is 0.0622. The van der Waals surface area contributed by atoms with E-state index in [-0.39, 0.29) is 12.5 Å². The van der Waals surface area contributed by atoms with Gasteiger partial charge in [0, 0.05) is 49.2 Å². The summed E-state index contributed by atoms with van der Waals surface area (Å²) in [5.41, 5.74) is 4.19. The second kappa shape index (κ2) is 9.95. The van der Waals surface area contributed by atoms with Crippen LogP contribution in [0.15, 0.2) is 42.9 Å². The second-order valence-electron chi connectivity index (χ2n) is 9.96. The SMILES string of the molecule is CCN(CC)c1nn(CC(=O)OC(C)(C)C)cc1-c1cnc(CC2Cc3ccccc3C2)nc1. The summed E-state index contributed by atoms with van der Waals surface area (Å²) < 4.78 is 7.13. The quantitative estimate of drug-likeness (QED) is 0.461. The van der Waals surface area contributed by atoms with Crippen molar-refractivity contribution >= 4 is 11.8 Å². The number of esters is 1. The number of nitrogens with zero attached hydrogens (tertiary/aromatic N) is 5. The van der Waals surface area contributed by atoms with Gasteiger partial charge in [-0.1, -0.05) is 24.3 Å². The minimum Gasteiger partial charge on any atom is -0.459 e. The van der Waals surface area contributed by atoms with E-state index in [0.29, 0.717) is 5.92 Å². The standard InChI is InChI=1S/C27H35N5O2/c1-6-31(7-2)26-23(17-32(30-26)18-25(33)34-27(3,4)5)22-15-28-24(29-16-22)14-19-12-20-10-8-9-11-21(20)13-19/h8-11,15-17,19H,6-7,12-14,18H2,1-5H3. The highest BCUT2D eigenvalue weighted by Crippen LogP contribution is 2.31. The fourth-order valence-corrected chi connectivity index (χ4v) is 4.61. The Labute approximate surface area is 202 Å². The van der Waals surface area contributed by atoms with Gasteiger partial charge in [-0.25, -0.2) is 9.97 Å². The molecule has 0 N–H and O–H groups in total. The highest BCUT2D eigenvalue weighted by molar-refractivity contribution is 5.75. The van der Waals surface area contributed by atoms with E-state index in [9.17, 15) is 4.79 Å². The number of aromatic nitrogens is 4. The molecule has 4 rings (SSSR count). The van der Waals surface area contributed by atoms with Crippen molar-refractivity contribution in [2.45, 2.75) is 66.0 Å². The predicted octanol–water partition coefficient (Wildman–Crippen LogP) is 4.49. The van der Waals surface area contributed by atoms with E-state index in [1.807, 2.05) is 39.4 Å². The van der Waals surface area contributed by atoms with Crippen molar-refractivity contribution in [3.8, 4) is 11.1 Å². The lowest BCUT2D eigenvalue weighted by molar-refractivity contribution is -0.155. The molecule has 0 atom stereocenters. The largest absolute Gasteiger partial charge is 0.459 e. The van der Waals surface area contributed by atoms with E-state index in [1.165, 1.54) is 11.1 Å². The molecule has 0 bridgehead atoms. The summed E-state index contributed by atoms with van der Waals surface area (Å²) in [7, 11) is 0. The highest BCUT2D eigenvalue weighted by Gasteiger charge is 2.23. The molecule has 0 spiro atoms. The van der Waals surface area contributed by atoms with Gasteiger partial charge < -0.3 is 9.64 Å². The Kier molecular flexibility index (Phi) is 7.00. The van der Waals surface area contributed by atoms with Crippen LogP contribution in [-0.4, -0.2) is 44.4 Å². The molecule has 1 aliphatic carbocycles. The van der Waals surface area contributed by atoms with Gasteiger partial charge in [-0.15, -0.1) is 0 Å². The molecule has 7 heteroatoms. The second-order valence-corrected chi connectivity index (χ2v) is 9.96. The van der Waals surface area contributed by atoms with Crippen molar-refractivity contribution < 1.29 is 9.53 Å². The van der Waals surface area contributed by atoms with Crippen molar-refractivity contribution in [1.82, 2.24) is 19.7 Å². The number of hydrogen-bond acceptors (Lipinski definition) is 6. The van der Waals surface area contributed by atoms with Crippen LogP contribution in [0.2, 0.25) is 0 Å². The molecule has 1 aromatic carbocycles. The van der Waals surface area contributed by atoms with Crippen LogP contribution in [0.3, 0.4) is 0 Å². The first-order valence-corrected chi connectivity index (χ1v) is 12.2. The molecule has 0 fully saturated rings. The number of rotatable bonds is 8. The van der Waals surface area contributed by atoms with E-state index >= 15 is 0 Å².